The molecule has 0 aliphatic carbocycles. The Bertz CT molecular complexity index is 482. The number of methoxy groups -OCH3 is 1. The van der Waals surface area contributed by atoms with E-state index in [1.165, 1.54) is 17.0 Å². The summed E-state index contributed by atoms with van der Waals surface area (Å²) in [6.07, 6.45) is 1.15. The van der Waals surface area contributed by atoms with Gasteiger partial charge in [-0.05, 0) is 55.3 Å². The zero-order valence-electron chi connectivity index (χ0n) is 10.7. The van der Waals surface area contributed by atoms with Gasteiger partial charge in [0.1, 0.15) is 5.75 Å². The molecule has 0 aliphatic heterocycles. The Labute approximate surface area is 103 Å². The standard InChI is InChI=1S/C15H19NO/c1-4-11-16-12(2)5-10-15(16)13-6-8-14(17-3)9-7-13/h5-10H,4,11H2,1-3H3. The summed E-state index contributed by atoms with van der Waals surface area (Å²) in [6.45, 7) is 5.43. The molecular weight excluding hydrogens is 210 g/mol. The lowest BCUT2D eigenvalue weighted by molar-refractivity contribution is 0.415. The Hall–Kier alpha value is -1.70. The van der Waals surface area contributed by atoms with Gasteiger partial charge in [0, 0.05) is 17.9 Å². The molecule has 1 aromatic carbocycles. The lowest BCUT2D eigenvalue weighted by atomic mass is 10.1. The summed E-state index contributed by atoms with van der Waals surface area (Å²) in [5.41, 5.74) is 3.84. The maximum atomic E-state index is 5.18. The SMILES string of the molecule is CCCn1c(C)ccc1-c1ccc(OC)cc1. The molecule has 0 N–H and O–H groups in total. The van der Waals surface area contributed by atoms with Crippen molar-refractivity contribution in [1.29, 1.82) is 0 Å². The molecule has 17 heavy (non-hydrogen) atoms. The fourth-order valence-corrected chi connectivity index (χ4v) is 2.10. The number of benzene rings is 1. The summed E-state index contributed by atoms with van der Waals surface area (Å²) >= 11 is 0. The van der Waals surface area contributed by atoms with Crippen LogP contribution in [0, 0.1) is 6.92 Å². The number of aryl methyl sites for hydroxylation is 1. The average Bonchev–Trinajstić information content (AvgIpc) is 2.72. The van der Waals surface area contributed by atoms with E-state index >= 15 is 0 Å². The number of ether oxygens (including phenoxy) is 1. The van der Waals surface area contributed by atoms with E-state index in [2.05, 4.69) is 42.7 Å². The first-order valence-corrected chi connectivity index (χ1v) is 6.06. The second kappa shape index (κ2) is 5.09. The molecule has 0 spiro atoms. The normalized spacial score (nSPS) is 10.5. The highest BCUT2D eigenvalue weighted by molar-refractivity contribution is 5.61. The van der Waals surface area contributed by atoms with Crippen LogP contribution in [-0.4, -0.2) is 11.7 Å². The predicted molar refractivity (Wildman–Crippen MR) is 71.4 cm³/mol. The van der Waals surface area contributed by atoms with Crippen LogP contribution in [0.25, 0.3) is 11.3 Å². The molecule has 0 amide bonds. The third-order valence-corrected chi connectivity index (χ3v) is 3.03. The Kier molecular flexibility index (Phi) is 3.52. The van der Waals surface area contributed by atoms with Crippen molar-refractivity contribution in [2.24, 2.45) is 0 Å². The molecule has 0 fully saturated rings. The van der Waals surface area contributed by atoms with Crippen molar-refractivity contribution in [3.05, 3.63) is 42.1 Å². The Morgan fingerprint density at radius 2 is 1.76 bits per heavy atom. The highest BCUT2D eigenvalue weighted by atomic mass is 16.5. The predicted octanol–water partition coefficient (Wildman–Crippen LogP) is 3.88. The van der Waals surface area contributed by atoms with Gasteiger partial charge < -0.3 is 9.30 Å². The summed E-state index contributed by atoms with van der Waals surface area (Å²) < 4.78 is 7.54. The molecular formula is C15H19NO. The first kappa shape index (κ1) is 11.8. The van der Waals surface area contributed by atoms with Gasteiger partial charge in [0.25, 0.3) is 0 Å². The third-order valence-electron chi connectivity index (χ3n) is 3.03. The molecule has 0 atom stereocenters. The highest BCUT2D eigenvalue weighted by Gasteiger charge is 2.06. The van der Waals surface area contributed by atoms with Crippen LogP contribution >= 0.6 is 0 Å². The van der Waals surface area contributed by atoms with Crippen LogP contribution in [0.3, 0.4) is 0 Å². The van der Waals surface area contributed by atoms with Crippen LogP contribution in [0.15, 0.2) is 36.4 Å². The van der Waals surface area contributed by atoms with Gasteiger partial charge in [-0.25, -0.2) is 0 Å². The summed E-state index contributed by atoms with van der Waals surface area (Å²) in [4.78, 5) is 0. The van der Waals surface area contributed by atoms with Crippen LogP contribution < -0.4 is 4.74 Å². The molecule has 2 nitrogen and oxygen atoms in total. The zero-order valence-corrected chi connectivity index (χ0v) is 10.7. The van der Waals surface area contributed by atoms with Crippen molar-refractivity contribution < 1.29 is 4.74 Å². The molecule has 2 aromatic rings. The van der Waals surface area contributed by atoms with E-state index in [0.717, 1.165) is 18.7 Å². The molecule has 0 saturated carbocycles. The first-order valence-electron chi connectivity index (χ1n) is 6.06. The van der Waals surface area contributed by atoms with Crippen LogP contribution in [0.1, 0.15) is 19.0 Å². The average molecular weight is 229 g/mol. The molecule has 0 aliphatic rings. The fraction of sp³-hybridized carbons (Fsp3) is 0.333. The molecule has 0 saturated heterocycles. The van der Waals surface area contributed by atoms with Gasteiger partial charge in [0.05, 0.1) is 7.11 Å². The number of hydrogen-bond donors (Lipinski definition) is 0. The second-order valence-corrected chi connectivity index (χ2v) is 4.24. The van der Waals surface area contributed by atoms with Gasteiger partial charge in [0.15, 0.2) is 0 Å². The van der Waals surface area contributed by atoms with Crippen molar-refractivity contribution in [2.75, 3.05) is 7.11 Å². The number of aromatic nitrogens is 1. The fourth-order valence-electron chi connectivity index (χ4n) is 2.10. The van der Waals surface area contributed by atoms with E-state index in [1.54, 1.807) is 7.11 Å². The van der Waals surface area contributed by atoms with E-state index in [1.807, 2.05) is 12.1 Å². The van der Waals surface area contributed by atoms with E-state index < -0.39 is 0 Å². The van der Waals surface area contributed by atoms with Gasteiger partial charge in [-0.2, -0.15) is 0 Å². The molecule has 90 valence electrons. The smallest absolute Gasteiger partial charge is 0.118 e. The van der Waals surface area contributed by atoms with Crippen molar-refractivity contribution in [3.63, 3.8) is 0 Å². The van der Waals surface area contributed by atoms with Crippen LogP contribution in [-0.2, 0) is 6.54 Å². The topological polar surface area (TPSA) is 14.2 Å². The van der Waals surface area contributed by atoms with Crippen molar-refractivity contribution >= 4 is 0 Å². The first-order chi connectivity index (χ1) is 8.26. The van der Waals surface area contributed by atoms with Gasteiger partial charge in [-0.3, -0.25) is 0 Å². The lowest BCUT2D eigenvalue weighted by Crippen LogP contribution is -2.01. The van der Waals surface area contributed by atoms with Crippen LogP contribution in [0.4, 0.5) is 0 Å². The van der Waals surface area contributed by atoms with E-state index in [0.29, 0.717) is 0 Å². The number of rotatable bonds is 4. The van der Waals surface area contributed by atoms with Gasteiger partial charge in [0.2, 0.25) is 0 Å². The van der Waals surface area contributed by atoms with E-state index in [4.69, 9.17) is 4.74 Å². The van der Waals surface area contributed by atoms with Gasteiger partial charge in [-0.15, -0.1) is 0 Å². The largest absolute Gasteiger partial charge is 0.497 e. The maximum Gasteiger partial charge on any atom is 0.118 e. The van der Waals surface area contributed by atoms with E-state index in [9.17, 15) is 0 Å². The quantitative estimate of drug-likeness (QED) is 0.776. The van der Waals surface area contributed by atoms with Crippen LogP contribution in [0.5, 0.6) is 5.75 Å². The van der Waals surface area contributed by atoms with Crippen LogP contribution in [0.2, 0.25) is 0 Å². The van der Waals surface area contributed by atoms with Gasteiger partial charge in [-0.1, -0.05) is 6.92 Å². The minimum absolute atomic E-state index is 0.902. The summed E-state index contributed by atoms with van der Waals surface area (Å²) in [5, 5.41) is 0. The van der Waals surface area contributed by atoms with Crippen molar-refractivity contribution in [2.45, 2.75) is 26.8 Å². The summed E-state index contributed by atoms with van der Waals surface area (Å²) in [5.74, 6) is 0.902. The molecule has 2 heteroatoms. The molecule has 0 bridgehead atoms. The Morgan fingerprint density at radius 3 is 2.35 bits per heavy atom. The summed E-state index contributed by atoms with van der Waals surface area (Å²) in [6, 6.07) is 12.6. The lowest BCUT2D eigenvalue weighted by Gasteiger charge is -2.11. The minimum atomic E-state index is 0.902. The van der Waals surface area contributed by atoms with Crippen molar-refractivity contribution in [1.82, 2.24) is 4.57 Å². The Morgan fingerprint density at radius 1 is 1.06 bits per heavy atom. The molecule has 1 heterocycles. The molecule has 1 aromatic heterocycles. The highest BCUT2D eigenvalue weighted by Crippen LogP contribution is 2.24. The maximum absolute atomic E-state index is 5.18. The molecule has 0 unspecified atom stereocenters. The monoisotopic (exact) mass is 229 g/mol. The third kappa shape index (κ3) is 2.36. The minimum Gasteiger partial charge on any atom is -0.497 e. The Balaban J connectivity index is 2.38. The zero-order chi connectivity index (χ0) is 12.3. The summed E-state index contributed by atoms with van der Waals surface area (Å²) in [7, 11) is 1.69. The molecule has 0 radical (unpaired) electrons. The number of nitrogens with zero attached hydrogens (tertiary/aromatic N) is 1. The van der Waals surface area contributed by atoms with Gasteiger partial charge >= 0.3 is 0 Å². The number of hydrogen-bond acceptors (Lipinski definition) is 1. The molecule has 2 rings (SSSR count). The second-order valence-electron chi connectivity index (χ2n) is 4.24. The van der Waals surface area contributed by atoms with E-state index in [-0.39, 0.29) is 0 Å². The van der Waals surface area contributed by atoms with Crippen molar-refractivity contribution in [3.8, 4) is 17.0 Å².